The van der Waals surface area contributed by atoms with Crippen molar-refractivity contribution >= 4 is 5.91 Å². The van der Waals surface area contributed by atoms with Gasteiger partial charge in [-0.15, -0.1) is 0 Å². The molecule has 3 N–H and O–H groups in total. The zero-order valence-electron chi connectivity index (χ0n) is 10.5. The summed E-state index contributed by atoms with van der Waals surface area (Å²) in [7, 11) is 0. The Morgan fingerprint density at radius 2 is 2.00 bits per heavy atom. The average molecular weight is 227 g/mol. The minimum absolute atomic E-state index is 0.0571. The van der Waals surface area contributed by atoms with Gasteiger partial charge in [0.05, 0.1) is 0 Å². The average Bonchev–Trinajstić information content (AvgIpc) is 2.26. The van der Waals surface area contributed by atoms with Crippen molar-refractivity contribution in [3.8, 4) is 0 Å². The van der Waals surface area contributed by atoms with Gasteiger partial charge < -0.3 is 11.1 Å². The van der Waals surface area contributed by atoms with E-state index < -0.39 is 0 Å². The Kier molecular flexibility index (Phi) is 5.77. The second-order valence-electron chi connectivity index (χ2n) is 4.68. The lowest BCUT2D eigenvalue weighted by atomic mass is 9.91. The zero-order chi connectivity index (χ0) is 12.0. The summed E-state index contributed by atoms with van der Waals surface area (Å²) >= 11 is 0. The third-order valence-electron chi connectivity index (χ3n) is 3.44. The van der Waals surface area contributed by atoms with Crippen molar-refractivity contribution in [1.82, 2.24) is 10.2 Å². The van der Waals surface area contributed by atoms with Crippen molar-refractivity contribution in [3.05, 3.63) is 0 Å². The number of rotatable bonds is 5. The normalized spacial score (nSPS) is 25.8. The zero-order valence-corrected chi connectivity index (χ0v) is 10.5. The predicted octanol–water partition coefficient (Wildman–Crippen LogP) is 0.714. The minimum atomic E-state index is 0.0571. The molecule has 0 unspecified atom stereocenters. The van der Waals surface area contributed by atoms with E-state index >= 15 is 0 Å². The molecule has 0 aromatic heterocycles. The molecule has 0 bridgehead atoms. The van der Waals surface area contributed by atoms with Gasteiger partial charge in [-0.2, -0.15) is 0 Å². The summed E-state index contributed by atoms with van der Waals surface area (Å²) in [5, 5.41) is 2.85. The molecule has 0 atom stereocenters. The number of carbonyl (C=O) groups is 1. The third kappa shape index (κ3) is 4.49. The van der Waals surface area contributed by atoms with E-state index in [1.54, 1.807) is 6.92 Å². The number of nitrogens with one attached hydrogen (secondary N) is 1. The lowest BCUT2D eigenvalue weighted by Gasteiger charge is -2.35. The molecule has 0 aromatic rings. The largest absolute Gasteiger partial charge is 0.355 e. The van der Waals surface area contributed by atoms with Crippen LogP contribution in [0.3, 0.4) is 0 Å². The van der Waals surface area contributed by atoms with Gasteiger partial charge in [0.2, 0.25) is 5.91 Å². The van der Waals surface area contributed by atoms with E-state index in [9.17, 15) is 4.79 Å². The Balaban J connectivity index is 2.27. The molecule has 0 saturated heterocycles. The van der Waals surface area contributed by atoms with Crippen molar-refractivity contribution in [3.63, 3.8) is 0 Å². The number of likely N-dealkylation sites (N-methyl/N-ethyl adjacent to an activating group) is 1. The molecule has 0 spiro atoms. The number of hydrogen-bond acceptors (Lipinski definition) is 3. The van der Waals surface area contributed by atoms with E-state index in [-0.39, 0.29) is 5.91 Å². The van der Waals surface area contributed by atoms with Crippen molar-refractivity contribution in [2.45, 2.75) is 51.6 Å². The Morgan fingerprint density at radius 1 is 1.38 bits per heavy atom. The van der Waals surface area contributed by atoms with Crippen LogP contribution < -0.4 is 11.1 Å². The van der Waals surface area contributed by atoms with E-state index in [0.29, 0.717) is 12.1 Å². The highest BCUT2D eigenvalue weighted by Crippen LogP contribution is 2.21. The summed E-state index contributed by atoms with van der Waals surface area (Å²) in [5.41, 5.74) is 5.90. The first-order valence-corrected chi connectivity index (χ1v) is 6.37. The van der Waals surface area contributed by atoms with Gasteiger partial charge in [0, 0.05) is 32.1 Å². The van der Waals surface area contributed by atoms with Crippen molar-refractivity contribution in [1.29, 1.82) is 0 Å². The molecule has 0 radical (unpaired) electrons. The van der Waals surface area contributed by atoms with Crippen LogP contribution in [0.5, 0.6) is 0 Å². The fraction of sp³-hybridized carbons (Fsp3) is 0.917. The van der Waals surface area contributed by atoms with Crippen LogP contribution in [-0.4, -0.2) is 42.5 Å². The van der Waals surface area contributed by atoms with Crippen LogP contribution in [0.25, 0.3) is 0 Å². The molecule has 0 heterocycles. The van der Waals surface area contributed by atoms with Gasteiger partial charge in [-0.05, 0) is 32.2 Å². The lowest BCUT2D eigenvalue weighted by molar-refractivity contribution is -0.119. The Hall–Kier alpha value is -0.610. The van der Waals surface area contributed by atoms with Gasteiger partial charge in [-0.25, -0.2) is 0 Å². The van der Waals surface area contributed by atoms with Crippen LogP contribution in [-0.2, 0) is 4.79 Å². The molecule has 1 amide bonds. The molecule has 16 heavy (non-hydrogen) atoms. The molecule has 1 aliphatic carbocycles. The molecule has 1 fully saturated rings. The quantitative estimate of drug-likeness (QED) is 0.727. The second-order valence-corrected chi connectivity index (χ2v) is 4.68. The fourth-order valence-electron chi connectivity index (χ4n) is 2.44. The molecule has 1 aliphatic rings. The third-order valence-corrected chi connectivity index (χ3v) is 3.44. The van der Waals surface area contributed by atoms with Crippen molar-refractivity contribution in [2.24, 2.45) is 5.73 Å². The van der Waals surface area contributed by atoms with Crippen molar-refractivity contribution < 1.29 is 4.79 Å². The van der Waals surface area contributed by atoms with E-state index in [4.69, 9.17) is 5.73 Å². The molecule has 0 aliphatic heterocycles. The molecule has 4 nitrogen and oxygen atoms in total. The van der Waals surface area contributed by atoms with Crippen LogP contribution >= 0.6 is 0 Å². The molecule has 4 heteroatoms. The number of amides is 1. The maximum atomic E-state index is 10.8. The Morgan fingerprint density at radius 3 is 2.50 bits per heavy atom. The highest BCUT2D eigenvalue weighted by Gasteiger charge is 2.22. The van der Waals surface area contributed by atoms with E-state index in [0.717, 1.165) is 32.5 Å². The van der Waals surface area contributed by atoms with Gasteiger partial charge in [0.1, 0.15) is 0 Å². The standard InChI is InChI=1S/C12H25N3O/c1-3-15(9-8-14-10(2)16)12-6-4-11(13)5-7-12/h11-12H,3-9,13H2,1-2H3,(H,14,16). The number of hydrogen-bond donors (Lipinski definition) is 2. The van der Waals surface area contributed by atoms with Crippen molar-refractivity contribution in [2.75, 3.05) is 19.6 Å². The summed E-state index contributed by atoms with van der Waals surface area (Å²) < 4.78 is 0. The van der Waals surface area contributed by atoms with Crippen LogP contribution in [0, 0.1) is 0 Å². The van der Waals surface area contributed by atoms with E-state index in [2.05, 4.69) is 17.1 Å². The highest BCUT2D eigenvalue weighted by molar-refractivity contribution is 5.72. The molecule has 1 saturated carbocycles. The topological polar surface area (TPSA) is 58.4 Å². The summed E-state index contributed by atoms with van der Waals surface area (Å²) in [6.07, 6.45) is 4.69. The number of carbonyl (C=O) groups excluding carboxylic acids is 1. The first-order valence-electron chi connectivity index (χ1n) is 6.37. The Bertz CT molecular complexity index is 212. The van der Waals surface area contributed by atoms with Crippen LogP contribution in [0.15, 0.2) is 0 Å². The maximum absolute atomic E-state index is 10.8. The first-order chi connectivity index (χ1) is 7.63. The Labute approximate surface area is 98.6 Å². The smallest absolute Gasteiger partial charge is 0.216 e. The lowest BCUT2D eigenvalue weighted by Crippen LogP contribution is -2.44. The summed E-state index contributed by atoms with van der Waals surface area (Å²) in [5.74, 6) is 0.0571. The van der Waals surface area contributed by atoms with Crippen LogP contribution in [0.1, 0.15) is 39.5 Å². The molecule has 1 rings (SSSR count). The predicted molar refractivity (Wildman–Crippen MR) is 66.2 cm³/mol. The monoisotopic (exact) mass is 227 g/mol. The van der Waals surface area contributed by atoms with Gasteiger partial charge >= 0.3 is 0 Å². The summed E-state index contributed by atoms with van der Waals surface area (Å²) in [6, 6.07) is 1.07. The number of nitrogens with zero attached hydrogens (tertiary/aromatic N) is 1. The molecular weight excluding hydrogens is 202 g/mol. The fourth-order valence-corrected chi connectivity index (χ4v) is 2.44. The SMILES string of the molecule is CCN(CCNC(C)=O)C1CCC(N)CC1. The van der Waals surface area contributed by atoms with E-state index in [1.165, 1.54) is 12.8 Å². The first kappa shape index (κ1) is 13.5. The second kappa shape index (κ2) is 6.86. The van der Waals surface area contributed by atoms with Gasteiger partial charge in [-0.3, -0.25) is 9.69 Å². The number of nitrogens with two attached hydrogens (primary N) is 1. The minimum Gasteiger partial charge on any atom is -0.355 e. The maximum Gasteiger partial charge on any atom is 0.216 e. The molecule has 0 aromatic carbocycles. The van der Waals surface area contributed by atoms with E-state index in [1.807, 2.05) is 0 Å². The van der Waals surface area contributed by atoms with Gasteiger partial charge in [0.25, 0.3) is 0 Å². The highest BCUT2D eigenvalue weighted by atomic mass is 16.1. The summed E-state index contributed by atoms with van der Waals surface area (Å²) in [6.45, 7) is 6.51. The van der Waals surface area contributed by atoms with Crippen LogP contribution in [0.4, 0.5) is 0 Å². The van der Waals surface area contributed by atoms with Crippen LogP contribution in [0.2, 0.25) is 0 Å². The molecule has 94 valence electrons. The summed E-state index contributed by atoms with van der Waals surface area (Å²) in [4.78, 5) is 13.2. The molecular formula is C12H25N3O. The van der Waals surface area contributed by atoms with Gasteiger partial charge in [0.15, 0.2) is 0 Å². The van der Waals surface area contributed by atoms with Gasteiger partial charge in [-0.1, -0.05) is 6.92 Å².